The Morgan fingerprint density at radius 2 is 2.00 bits per heavy atom. The van der Waals surface area contributed by atoms with Gasteiger partial charge in [0.05, 0.1) is 25.5 Å². The molecule has 0 saturated carbocycles. The van der Waals surface area contributed by atoms with Crippen LogP contribution in [-0.2, 0) is 20.8 Å². The van der Waals surface area contributed by atoms with Crippen LogP contribution in [0, 0.1) is 0 Å². The first-order valence-electron chi connectivity index (χ1n) is 8.31. The highest BCUT2D eigenvalue weighted by Gasteiger charge is 2.46. The topological polar surface area (TPSA) is 103 Å². The molecule has 0 bridgehead atoms. The lowest BCUT2D eigenvalue weighted by molar-refractivity contribution is -0.0992. The Bertz CT molecular complexity index is 794. The van der Waals surface area contributed by atoms with Gasteiger partial charge in [0.2, 0.25) is 11.6 Å². The molecule has 2 fully saturated rings. The Kier molecular flexibility index (Phi) is 3.32. The number of aromatic nitrogens is 2. The lowest BCUT2D eigenvalue weighted by atomic mass is 10.0. The molecule has 3 aliphatic heterocycles. The third-order valence-electron chi connectivity index (χ3n) is 5.04. The number of Topliss-reactive ketones (excluding diaryl/α,β-unsaturated/α-hetero) is 1. The van der Waals surface area contributed by atoms with Crippen LogP contribution in [0.15, 0.2) is 11.8 Å². The molecule has 5 rings (SSSR count). The molecule has 4 aliphatic rings. The van der Waals surface area contributed by atoms with Crippen LogP contribution in [0.1, 0.15) is 33.0 Å². The molecule has 4 heterocycles. The highest BCUT2D eigenvalue weighted by molar-refractivity contribution is 6.23. The van der Waals surface area contributed by atoms with Crippen molar-refractivity contribution in [2.75, 3.05) is 32.9 Å². The zero-order valence-corrected chi connectivity index (χ0v) is 13.4. The molecular formula is C16H17N3O6. The molecule has 1 aliphatic carbocycles. The number of aliphatic hydroxyl groups excluding tert-OH is 1. The fraction of sp³-hybridized carbons (Fsp3) is 0.562. The Hall–Kier alpha value is -2.07. The second kappa shape index (κ2) is 5.46. The standard InChI is InChI=1S/C16H17N3O6/c20-9-5-8(18-1-3-23-4-2-18)14(22)12-13(9)19-11(17-12)7-24-15-10(21)6-25-16(15)19/h5,10,15-16,21H,1-4,6-7H2/t10-,15-,16+/m1/s1. The summed E-state index contributed by atoms with van der Waals surface area (Å²) in [4.78, 5) is 31.9. The third kappa shape index (κ3) is 2.13. The smallest absolute Gasteiger partial charge is 0.229 e. The number of rotatable bonds is 1. The van der Waals surface area contributed by atoms with Crippen LogP contribution < -0.4 is 0 Å². The average Bonchev–Trinajstić information content (AvgIpc) is 3.20. The van der Waals surface area contributed by atoms with E-state index < -0.39 is 18.4 Å². The lowest BCUT2D eigenvalue weighted by Crippen LogP contribution is -2.40. The number of nitrogens with zero attached hydrogens (tertiary/aromatic N) is 3. The zero-order valence-electron chi connectivity index (χ0n) is 13.4. The van der Waals surface area contributed by atoms with Crippen LogP contribution in [0.3, 0.4) is 0 Å². The maximum Gasteiger partial charge on any atom is 0.229 e. The molecule has 0 unspecified atom stereocenters. The van der Waals surface area contributed by atoms with E-state index in [0.29, 0.717) is 37.8 Å². The van der Waals surface area contributed by atoms with Gasteiger partial charge >= 0.3 is 0 Å². The molecule has 0 radical (unpaired) electrons. The molecule has 0 aromatic carbocycles. The predicted octanol–water partition coefficient (Wildman–Crippen LogP) is -0.733. The van der Waals surface area contributed by atoms with E-state index in [1.165, 1.54) is 6.08 Å². The second-order valence-electron chi connectivity index (χ2n) is 6.48. The van der Waals surface area contributed by atoms with Crippen LogP contribution >= 0.6 is 0 Å². The lowest BCUT2D eigenvalue weighted by Gasteiger charge is -2.32. The van der Waals surface area contributed by atoms with E-state index in [1.54, 1.807) is 4.57 Å². The first kappa shape index (κ1) is 15.2. The van der Waals surface area contributed by atoms with Crippen molar-refractivity contribution in [2.45, 2.75) is 25.0 Å². The average molecular weight is 347 g/mol. The van der Waals surface area contributed by atoms with Crippen molar-refractivity contribution in [3.63, 3.8) is 0 Å². The minimum atomic E-state index is -0.759. The fourth-order valence-corrected chi connectivity index (χ4v) is 3.83. The Morgan fingerprint density at radius 3 is 2.80 bits per heavy atom. The number of morpholine rings is 1. The van der Waals surface area contributed by atoms with Gasteiger partial charge in [-0.15, -0.1) is 0 Å². The number of fused-ring (bicyclic) bond motifs is 5. The van der Waals surface area contributed by atoms with Crippen molar-refractivity contribution in [3.8, 4) is 0 Å². The monoisotopic (exact) mass is 347 g/mol. The van der Waals surface area contributed by atoms with Crippen LogP contribution in [-0.4, -0.2) is 76.2 Å². The van der Waals surface area contributed by atoms with Crippen molar-refractivity contribution in [3.05, 3.63) is 29.0 Å². The summed E-state index contributed by atoms with van der Waals surface area (Å²) in [6.07, 6.45) is -0.575. The summed E-state index contributed by atoms with van der Waals surface area (Å²) in [6.45, 7) is 2.43. The molecule has 1 aromatic rings. The van der Waals surface area contributed by atoms with E-state index in [1.807, 2.05) is 4.90 Å². The van der Waals surface area contributed by atoms with E-state index in [4.69, 9.17) is 14.2 Å². The number of carbonyl (C=O) groups excluding carboxylic acids is 2. The van der Waals surface area contributed by atoms with Gasteiger partial charge < -0.3 is 24.2 Å². The molecular weight excluding hydrogens is 330 g/mol. The summed E-state index contributed by atoms with van der Waals surface area (Å²) in [5, 5.41) is 9.96. The van der Waals surface area contributed by atoms with Crippen molar-refractivity contribution in [2.24, 2.45) is 0 Å². The number of imidazole rings is 1. The first-order valence-corrected chi connectivity index (χ1v) is 8.31. The molecule has 3 atom stereocenters. The summed E-state index contributed by atoms with van der Waals surface area (Å²) < 4.78 is 18.1. The zero-order chi connectivity index (χ0) is 17.1. The van der Waals surface area contributed by atoms with E-state index in [-0.39, 0.29) is 36.2 Å². The van der Waals surface area contributed by atoms with Crippen LogP contribution in [0.2, 0.25) is 0 Å². The highest BCUT2D eigenvalue weighted by Crippen LogP contribution is 2.37. The number of carbonyl (C=O) groups is 2. The molecule has 9 nitrogen and oxygen atoms in total. The Morgan fingerprint density at radius 1 is 1.20 bits per heavy atom. The summed E-state index contributed by atoms with van der Waals surface area (Å²) in [5.41, 5.74) is 0.726. The van der Waals surface area contributed by atoms with Gasteiger partial charge in [-0.2, -0.15) is 0 Å². The van der Waals surface area contributed by atoms with Crippen molar-refractivity contribution < 1.29 is 28.9 Å². The Labute approximate surface area is 142 Å². The Balaban J connectivity index is 1.56. The van der Waals surface area contributed by atoms with Gasteiger partial charge in [0.1, 0.15) is 36.0 Å². The summed E-state index contributed by atoms with van der Waals surface area (Å²) in [6, 6.07) is 0. The van der Waals surface area contributed by atoms with Crippen LogP contribution in [0.5, 0.6) is 0 Å². The highest BCUT2D eigenvalue weighted by atomic mass is 16.6. The molecule has 0 amide bonds. The predicted molar refractivity (Wildman–Crippen MR) is 80.9 cm³/mol. The van der Waals surface area contributed by atoms with Crippen molar-refractivity contribution >= 4 is 11.6 Å². The van der Waals surface area contributed by atoms with Crippen LogP contribution in [0.4, 0.5) is 0 Å². The quantitative estimate of drug-likeness (QED) is 0.709. The van der Waals surface area contributed by atoms with Gasteiger partial charge in [0.15, 0.2) is 6.23 Å². The maximum atomic E-state index is 12.9. The molecule has 1 N–H and O–H groups in total. The number of ketones is 2. The van der Waals surface area contributed by atoms with Crippen molar-refractivity contribution in [1.29, 1.82) is 0 Å². The normalized spacial score (nSPS) is 31.5. The van der Waals surface area contributed by atoms with Gasteiger partial charge in [0, 0.05) is 19.2 Å². The van der Waals surface area contributed by atoms with Gasteiger partial charge in [0.25, 0.3) is 0 Å². The number of aliphatic hydroxyl groups is 1. The minimum Gasteiger partial charge on any atom is -0.388 e. The number of allylic oxidation sites excluding steroid dienone is 2. The fourth-order valence-electron chi connectivity index (χ4n) is 3.83. The van der Waals surface area contributed by atoms with Gasteiger partial charge in [-0.05, 0) is 0 Å². The summed E-state index contributed by atoms with van der Waals surface area (Å²) in [7, 11) is 0. The van der Waals surface area contributed by atoms with Crippen molar-refractivity contribution in [1.82, 2.24) is 14.5 Å². The largest absolute Gasteiger partial charge is 0.388 e. The van der Waals surface area contributed by atoms with Gasteiger partial charge in [-0.1, -0.05) is 0 Å². The molecule has 9 heteroatoms. The number of hydrogen-bond acceptors (Lipinski definition) is 8. The molecule has 132 valence electrons. The second-order valence-corrected chi connectivity index (χ2v) is 6.48. The molecule has 0 spiro atoms. The summed E-state index contributed by atoms with van der Waals surface area (Å²) in [5.74, 6) is -0.0762. The SMILES string of the molecule is O=C1C(N2CCOCC2)=CC(=O)c2c1nc1n2[C@H]2OC[C@@H](O)[C@H]2OC1. The summed E-state index contributed by atoms with van der Waals surface area (Å²) >= 11 is 0. The molecule has 25 heavy (non-hydrogen) atoms. The maximum absolute atomic E-state index is 12.9. The van der Waals surface area contributed by atoms with E-state index >= 15 is 0 Å². The third-order valence-corrected chi connectivity index (χ3v) is 5.04. The van der Waals surface area contributed by atoms with E-state index in [2.05, 4.69) is 4.98 Å². The molecule has 2 saturated heterocycles. The van der Waals surface area contributed by atoms with Crippen LogP contribution in [0.25, 0.3) is 0 Å². The van der Waals surface area contributed by atoms with E-state index in [9.17, 15) is 14.7 Å². The van der Waals surface area contributed by atoms with Gasteiger partial charge in [-0.3, -0.25) is 14.2 Å². The van der Waals surface area contributed by atoms with Gasteiger partial charge in [-0.25, -0.2) is 4.98 Å². The minimum absolute atomic E-state index is 0.124. The molecule has 1 aromatic heterocycles. The number of hydrogen-bond donors (Lipinski definition) is 1. The first-order chi connectivity index (χ1) is 12.1. The number of ether oxygens (including phenoxy) is 3. The van der Waals surface area contributed by atoms with E-state index in [0.717, 1.165) is 0 Å².